The Kier molecular flexibility index (Phi) is 5.51. The molecular formula is C21H26BNO6. The Balaban J connectivity index is 1.74. The Bertz CT molecular complexity index is 855. The summed E-state index contributed by atoms with van der Waals surface area (Å²) in [5.74, 6) is -1.46. The first-order valence-electron chi connectivity index (χ1n) is 10.1. The molecule has 4 rings (SSSR count). The maximum atomic E-state index is 13.2. The van der Waals surface area contributed by atoms with Crippen LogP contribution in [-0.2, 0) is 19.0 Å². The molecule has 7 nitrogen and oxygen atoms in total. The molecule has 29 heavy (non-hydrogen) atoms. The van der Waals surface area contributed by atoms with Crippen molar-refractivity contribution in [2.24, 2.45) is 17.8 Å². The van der Waals surface area contributed by atoms with E-state index in [0.717, 1.165) is 5.57 Å². The fraction of sp³-hybridized carbons (Fsp3) is 0.524. The predicted molar refractivity (Wildman–Crippen MR) is 106 cm³/mol. The molecule has 2 N–H and O–H groups in total. The minimum absolute atomic E-state index is 0.0861. The quantitative estimate of drug-likeness (QED) is 0.580. The molecule has 1 aliphatic carbocycles. The number of amides is 2. The van der Waals surface area contributed by atoms with E-state index < -0.39 is 25.1 Å². The third-order valence-electron chi connectivity index (χ3n) is 6.35. The number of hydrogen-bond donors (Lipinski definition) is 2. The van der Waals surface area contributed by atoms with Gasteiger partial charge in [-0.3, -0.25) is 14.5 Å². The van der Waals surface area contributed by atoms with E-state index in [0.29, 0.717) is 36.8 Å². The van der Waals surface area contributed by atoms with E-state index in [1.807, 2.05) is 6.92 Å². The molecule has 0 spiro atoms. The van der Waals surface area contributed by atoms with Crippen LogP contribution in [0.4, 0.5) is 0 Å². The van der Waals surface area contributed by atoms with E-state index in [2.05, 4.69) is 0 Å². The molecule has 0 saturated carbocycles. The van der Waals surface area contributed by atoms with Gasteiger partial charge in [-0.1, -0.05) is 25.1 Å². The number of carbonyl (C=O) groups is 2. The van der Waals surface area contributed by atoms with Crippen molar-refractivity contribution >= 4 is 18.9 Å². The van der Waals surface area contributed by atoms with Gasteiger partial charge in [0.1, 0.15) is 5.75 Å². The molecule has 2 saturated heterocycles. The van der Waals surface area contributed by atoms with Crippen molar-refractivity contribution in [1.29, 1.82) is 0 Å². The van der Waals surface area contributed by atoms with E-state index in [1.54, 1.807) is 31.4 Å². The number of methoxy groups -OCH3 is 1. The molecule has 154 valence electrons. The second-order valence-corrected chi connectivity index (χ2v) is 8.03. The Morgan fingerprint density at radius 2 is 2.00 bits per heavy atom. The molecule has 3 aliphatic rings. The van der Waals surface area contributed by atoms with Crippen LogP contribution in [-0.4, -0.2) is 54.2 Å². The average molecular weight is 399 g/mol. The van der Waals surface area contributed by atoms with Crippen molar-refractivity contribution in [2.45, 2.75) is 32.3 Å². The molecule has 8 heteroatoms. The molecule has 0 unspecified atom stereocenters. The van der Waals surface area contributed by atoms with E-state index in [1.165, 1.54) is 4.90 Å². The van der Waals surface area contributed by atoms with Crippen LogP contribution in [0.25, 0.3) is 0 Å². The van der Waals surface area contributed by atoms with Gasteiger partial charge in [0.2, 0.25) is 11.8 Å². The summed E-state index contributed by atoms with van der Waals surface area (Å²) in [6, 6.07) is 6.84. The number of hydrogen-bond acceptors (Lipinski definition) is 6. The molecule has 2 heterocycles. The highest BCUT2D eigenvalue weighted by atomic mass is 16.5. The number of phenolic OH excluding ortho intramolecular Hbond substituents is 1. The Labute approximate surface area is 170 Å². The summed E-state index contributed by atoms with van der Waals surface area (Å²) < 4.78 is 11.2. The highest BCUT2D eigenvalue weighted by Gasteiger charge is 2.57. The number of phenols is 1. The lowest BCUT2D eigenvalue weighted by molar-refractivity contribution is -0.140. The number of allylic oxidation sites excluding steroid dienone is 1. The summed E-state index contributed by atoms with van der Waals surface area (Å²) in [4.78, 5) is 27.5. The number of aromatic hydroxyl groups is 1. The van der Waals surface area contributed by atoms with Gasteiger partial charge in [-0.25, -0.2) is 0 Å². The number of rotatable bonds is 5. The summed E-state index contributed by atoms with van der Waals surface area (Å²) in [5, 5.41) is 21.1. The van der Waals surface area contributed by atoms with Gasteiger partial charge in [0, 0.05) is 19.2 Å². The van der Waals surface area contributed by atoms with Crippen LogP contribution in [0.2, 0.25) is 0 Å². The normalized spacial score (nSPS) is 29.3. The minimum atomic E-state index is -1.20. The highest BCUT2D eigenvalue weighted by Crippen LogP contribution is 2.52. The standard InChI is InChI=1S/C21H26BNO6/c1-3-8-23-20(25)15-9-12(11-28-2)19-14(18(15)21(23)26)10-17(29-22(19)27)13-6-4-5-7-16(13)24/h4-7,14-15,17-18,24,27H,3,8-11H2,1-2H3/t14-,15-,17-,18+/m0/s1. The summed E-state index contributed by atoms with van der Waals surface area (Å²) in [7, 11) is 0.369. The van der Waals surface area contributed by atoms with Gasteiger partial charge in [-0.05, 0) is 42.3 Å². The van der Waals surface area contributed by atoms with Crippen LogP contribution in [0.5, 0.6) is 5.75 Å². The van der Waals surface area contributed by atoms with Crippen molar-refractivity contribution in [3.63, 3.8) is 0 Å². The fourth-order valence-electron chi connectivity index (χ4n) is 5.19. The Morgan fingerprint density at radius 1 is 1.24 bits per heavy atom. The Hall–Kier alpha value is -2.16. The zero-order chi connectivity index (χ0) is 20.7. The number of para-hydroxylation sites is 1. The summed E-state index contributed by atoms with van der Waals surface area (Å²) in [6.07, 6.45) is 0.957. The van der Waals surface area contributed by atoms with Gasteiger partial charge in [-0.2, -0.15) is 0 Å². The zero-order valence-electron chi connectivity index (χ0n) is 16.7. The maximum Gasteiger partial charge on any atom is 0.487 e. The lowest BCUT2D eigenvalue weighted by atomic mass is 9.55. The van der Waals surface area contributed by atoms with Gasteiger partial charge < -0.3 is 19.5 Å². The lowest BCUT2D eigenvalue weighted by Crippen LogP contribution is -2.45. The smallest absolute Gasteiger partial charge is 0.487 e. The molecule has 0 radical (unpaired) electrons. The molecule has 1 aromatic carbocycles. The zero-order valence-corrected chi connectivity index (χ0v) is 16.7. The van der Waals surface area contributed by atoms with Crippen LogP contribution in [0.3, 0.4) is 0 Å². The first-order chi connectivity index (χ1) is 14.0. The molecule has 2 amide bonds. The van der Waals surface area contributed by atoms with Crippen molar-refractivity contribution in [3.05, 3.63) is 40.9 Å². The largest absolute Gasteiger partial charge is 0.508 e. The summed E-state index contributed by atoms with van der Waals surface area (Å²) in [6.45, 7) is 2.63. The summed E-state index contributed by atoms with van der Waals surface area (Å²) in [5.41, 5.74) is 2.07. The van der Waals surface area contributed by atoms with Crippen LogP contribution in [0.15, 0.2) is 35.3 Å². The Morgan fingerprint density at radius 3 is 2.69 bits per heavy atom. The predicted octanol–water partition coefficient (Wildman–Crippen LogP) is 1.85. The molecule has 1 aromatic rings. The highest BCUT2D eigenvalue weighted by molar-refractivity contribution is 6.53. The number of ether oxygens (including phenoxy) is 1. The first kappa shape index (κ1) is 20.1. The van der Waals surface area contributed by atoms with Crippen molar-refractivity contribution in [3.8, 4) is 5.75 Å². The molecule has 2 aliphatic heterocycles. The number of imide groups is 1. The van der Waals surface area contributed by atoms with E-state index in [-0.39, 0.29) is 30.1 Å². The topological polar surface area (TPSA) is 96.3 Å². The number of benzene rings is 1. The van der Waals surface area contributed by atoms with Gasteiger partial charge in [0.15, 0.2) is 0 Å². The van der Waals surface area contributed by atoms with Crippen molar-refractivity contribution in [1.82, 2.24) is 4.90 Å². The molecule has 2 fully saturated rings. The molecule has 0 bridgehead atoms. The second-order valence-electron chi connectivity index (χ2n) is 8.03. The van der Waals surface area contributed by atoms with Crippen LogP contribution < -0.4 is 0 Å². The number of carbonyl (C=O) groups excluding carboxylic acids is 2. The maximum absolute atomic E-state index is 13.2. The number of likely N-dealkylation sites (tertiary alicyclic amines) is 1. The van der Waals surface area contributed by atoms with Gasteiger partial charge in [0.25, 0.3) is 0 Å². The van der Waals surface area contributed by atoms with Crippen LogP contribution in [0.1, 0.15) is 37.9 Å². The summed E-state index contributed by atoms with van der Waals surface area (Å²) >= 11 is 0. The van der Waals surface area contributed by atoms with Crippen molar-refractivity contribution < 1.29 is 29.1 Å². The monoisotopic (exact) mass is 399 g/mol. The SMILES string of the molecule is CCCN1C(=O)[C@H]2[C@H](CC(COC)=C3B(O)O[C@H](c4ccccc4O)C[C@H]32)C1=O. The van der Waals surface area contributed by atoms with Crippen LogP contribution in [0, 0.1) is 17.8 Å². The van der Waals surface area contributed by atoms with Gasteiger partial charge >= 0.3 is 7.12 Å². The number of fused-ring (bicyclic) bond motifs is 3. The molecular weight excluding hydrogens is 373 g/mol. The third-order valence-corrected chi connectivity index (χ3v) is 6.35. The second kappa shape index (κ2) is 7.93. The van der Waals surface area contributed by atoms with E-state index >= 15 is 0 Å². The minimum Gasteiger partial charge on any atom is -0.508 e. The first-order valence-corrected chi connectivity index (χ1v) is 10.1. The van der Waals surface area contributed by atoms with Gasteiger partial charge in [0.05, 0.1) is 24.5 Å². The number of nitrogens with zero attached hydrogens (tertiary/aromatic N) is 1. The van der Waals surface area contributed by atoms with E-state index in [4.69, 9.17) is 9.39 Å². The van der Waals surface area contributed by atoms with Gasteiger partial charge in [-0.15, -0.1) is 0 Å². The molecule has 4 atom stereocenters. The van der Waals surface area contributed by atoms with E-state index in [9.17, 15) is 19.7 Å². The third kappa shape index (κ3) is 3.29. The lowest BCUT2D eigenvalue weighted by Gasteiger charge is -2.42. The molecule has 0 aromatic heterocycles. The van der Waals surface area contributed by atoms with Crippen LogP contribution >= 0.6 is 0 Å². The van der Waals surface area contributed by atoms with Crippen molar-refractivity contribution in [2.75, 3.05) is 20.3 Å². The average Bonchev–Trinajstić information content (AvgIpc) is 2.93. The fourth-order valence-corrected chi connectivity index (χ4v) is 5.19.